The SMILES string of the molecule is COc1c2c(cc3c1C(n1ccc4ccccc41)[N+](C)(C)CC3)OCO2.[I-]. The molecule has 0 amide bonds. The van der Waals surface area contributed by atoms with Crippen LogP contribution in [0.1, 0.15) is 17.3 Å². The van der Waals surface area contributed by atoms with Crippen molar-refractivity contribution >= 4 is 10.9 Å². The molecule has 2 aliphatic rings. The molecule has 0 saturated heterocycles. The molecule has 0 saturated carbocycles. The van der Waals surface area contributed by atoms with Crippen molar-refractivity contribution in [3.63, 3.8) is 0 Å². The minimum absolute atomic E-state index is 0. The van der Waals surface area contributed by atoms with E-state index in [1.165, 1.54) is 22.0 Å². The lowest BCUT2D eigenvalue weighted by Gasteiger charge is -2.43. The van der Waals surface area contributed by atoms with Crippen molar-refractivity contribution in [2.75, 3.05) is 34.5 Å². The Labute approximate surface area is 176 Å². The lowest BCUT2D eigenvalue weighted by atomic mass is 9.93. The third kappa shape index (κ3) is 2.69. The fourth-order valence-electron chi connectivity index (χ4n) is 4.44. The summed E-state index contributed by atoms with van der Waals surface area (Å²) >= 11 is 0. The average molecular weight is 478 g/mol. The van der Waals surface area contributed by atoms with E-state index >= 15 is 0 Å². The van der Waals surface area contributed by atoms with Crippen LogP contribution < -0.4 is 38.2 Å². The molecule has 0 bridgehead atoms. The Morgan fingerprint density at radius 3 is 2.78 bits per heavy atom. The van der Waals surface area contributed by atoms with Crippen LogP contribution in [0.15, 0.2) is 42.6 Å². The van der Waals surface area contributed by atoms with Gasteiger partial charge in [0.2, 0.25) is 12.5 Å². The van der Waals surface area contributed by atoms with Gasteiger partial charge in [-0.05, 0) is 29.1 Å². The average Bonchev–Trinajstić information content (AvgIpc) is 3.26. The zero-order chi connectivity index (χ0) is 17.9. The second-order valence-electron chi connectivity index (χ2n) is 7.62. The molecule has 27 heavy (non-hydrogen) atoms. The molecule has 3 heterocycles. The standard InChI is InChI=1S/C21H23N2O3.HI/c1-23(2)11-9-15-12-17-19(26-13-25-17)20(24-3)18(15)21(23)22-10-8-14-6-4-5-7-16(14)22;/h4-8,10,12,21H,9,11,13H2,1-3H3;1H/q+1;/p-1. The second kappa shape index (κ2) is 6.60. The number of rotatable bonds is 2. The van der Waals surface area contributed by atoms with Gasteiger partial charge < -0.3 is 42.7 Å². The number of halogens is 1. The molecule has 0 radical (unpaired) electrons. The van der Waals surface area contributed by atoms with Crippen LogP contribution in [0.25, 0.3) is 10.9 Å². The van der Waals surface area contributed by atoms with Crippen LogP contribution in [-0.2, 0) is 6.42 Å². The minimum atomic E-state index is 0. The summed E-state index contributed by atoms with van der Waals surface area (Å²) in [6.45, 7) is 1.30. The third-order valence-corrected chi connectivity index (χ3v) is 5.72. The molecule has 0 N–H and O–H groups in total. The van der Waals surface area contributed by atoms with Gasteiger partial charge >= 0.3 is 0 Å². The molecule has 5 rings (SSSR count). The molecule has 0 spiro atoms. The molecule has 0 fully saturated rings. The van der Waals surface area contributed by atoms with Crippen molar-refractivity contribution in [1.82, 2.24) is 4.57 Å². The molecule has 1 unspecified atom stereocenters. The van der Waals surface area contributed by atoms with Crippen LogP contribution in [0, 0.1) is 0 Å². The highest BCUT2D eigenvalue weighted by atomic mass is 127. The van der Waals surface area contributed by atoms with Crippen molar-refractivity contribution in [3.8, 4) is 17.2 Å². The number of ether oxygens (including phenoxy) is 3. The summed E-state index contributed by atoms with van der Waals surface area (Å²) in [6.07, 6.45) is 3.29. The normalized spacial score (nSPS) is 19.4. The minimum Gasteiger partial charge on any atom is -1.00 e. The van der Waals surface area contributed by atoms with Crippen molar-refractivity contribution in [1.29, 1.82) is 0 Å². The van der Waals surface area contributed by atoms with Gasteiger partial charge in [-0.15, -0.1) is 0 Å². The van der Waals surface area contributed by atoms with Gasteiger partial charge in [-0.25, -0.2) is 0 Å². The molecule has 2 aromatic carbocycles. The highest BCUT2D eigenvalue weighted by Crippen LogP contribution is 2.51. The number of aromatic nitrogens is 1. The van der Waals surface area contributed by atoms with Crippen LogP contribution in [0.4, 0.5) is 0 Å². The second-order valence-corrected chi connectivity index (χ2v) is 7.62. The number of nitrogens with zero attached hydrogens (tertiary/aromatic N) is 2. The molecule has 5 nitrogen and oxygen atoms in total. The molecule has 2 aliphatic heterocycles. The van der Waals surface area contributed by atoms with Gasteiger partial charge in [0.15, 0.2) is 17.7 Å². The Morgan fingerprint density at radius 1 is 1.15 bits per heavy atom. The largest absolute Gasteiger partial charge is 1.00 e. The first-order valence-electron chi connectivity index (χ1n) is 8.98. The quantitative estimate of drug-likeness (QED) is 0.399. The number of quaternary nitrogens is 1. The first kappa shape index (κ1) is 18.4. The molecule has 142 valence electrons. The number of methoxy groups -OCH3 is 1. The van der Waals surface area contributed by atoms with Gasteiger partial charge in [0.1, 0.15) is 0 Å². The summed E-state index contributed by atoms with van der Waals surface area (Å²) in [5.74, 6) is 2.34. The maximum Gasteiger partial charge on any atom is 0.231 e. The van der Waals surface area contributed by atoms with E-state index in [4.69, 9.17) is 14.2 Å². The Kier molecular flexibility index (Phi) is 4.50. The van der Waals surface area contributed by atoms with Gasteiger partial charge in [0.25, 0.3) is 0 Å². The van der Waals surface area contributed by atoms with Crippen molar-refractivity contribution in [2.45, 2.75) is 12.6 Å². The van der Waals surface area contributed by atoms with Crippen molar-refractivity contribution < 1.29 is 42.7 Å². The number of hydrogen-bond acceptors (Lipinski definition) is 3. The predicted octanol–water partition coefficient (Wildman–Crippen LogP) is 0.562. The number of likely N-dealkylation sites (N-methyl/N-ethyl adjacent to an activating group) is 1. The van der Waals surface area contributed by atoms with Crippen LogP contribution in [-0.4, -0.2) is 43.6 Å². The summed E-state index contributed by atoms with van der Waals surface area (Å²) in [4.78, 5) is 0. The maximum absolute atomic E-state index is 5.86. The van der Waals surface area contributed by atoms with E-state index in [1.807, 2.05) is 0 Å². The van der Waals surface area contributed by atoms with Crippen molar-refractivity contribution in [2.24, 2.45) is 0 Å². The Morgan fingerprint density at radius 2 is 1.96 bits per heavy atom. The molecular formula is C21H23IN2O3. The zero-order valence-corrected chi connectivity index (χ0v) is 17.9. The Bertz CT molecular complexity index is 1010. The highest BCUT2D eigenvalue weighted by Gasteiger charge is 2.42. The summed E-state index contributed by atoms with van der Waals surface area (Å²) in [5, 5.41) is 1.25. The third-order valence-electron chi connectivity index (χ3n) is 5.72. The monoisotopic (exact) mass is 478 g/mol. The summed E-state index contributed by atoms with van der Waals surface area (Å²) in [7, 11) is 6.29. The number of fused-ring (bicyclic) bond motifs is 3. The summed E-state index contributed by atoms with van der Waals surface area (Å²) < 4.78 is 20.5. The maximum atomic E-state index is 5.86. The predicted molar refractivity (Wildman–Crippen MR) is 99.9 cm³/mol. The number of para-hydroxylation sites is 1. The fourth-order valence-corrected chi connectivity index (χ4v) is 4.44. The van der Waals surface area contributed by atoms with Crippen LogP contribution in [0.3, 0.4) is 0 Å². The topological polar surface area (TPSA) is 32.6 Å². The van der Waals surface area contributed by atoms with E-state index < -0.39 is 0 Å². The highest BCUT2D eigenvalue weighted by molar-refractivity contribution is 5.80. The lowest BCUT2D eigenvalue weighted by molar-refractivity contribution is -0.926. The van der Waals surface area contributed by atoms with Gasteiger partial charge in [-0.2, -0.15) is 0 Å². The van der Waals surface area contributed by atoms with Gasteiger partial charge in [-0.3, -0.25) is 4.57 Å². The molecule has 1 aromatic heterocycles. The zero-order valence-electron chi connectivity index (χ0n) is 15.7. The van der Waals surface area contributed by atoms with E-state index in [2.05, 4.69) is 61.3 Å². The van der Waals surface area contributed by atoms with Gasteiger partial charge in [0.05, 0.1) is 38.8 Å². The molecule has 1 atom stereocenters. The van der Waals surface area contributed by atoms with E-state index in [9.17, 15) is 0 Å². The van der Waals surface area contributed by atoms with Crippen LogP contribution in [0.2, 0.25) is 0 Å². The number of hydrogen-bond donors (Lipinski definition) is 0. The van der Waals surface area contributed by atoms with Gasteiger partial charge in [-0.1, -0.05) is 18.2 Å². The first-order valence-corrected chi connectivity index (χ1v) is 8.98. The van der Waals surface area contributed by atoms with E-state index in [0.717, 1.165) is 34.7 Å². The Hall–Kier alpha value is -1.93. The van der Waals surface area contributed by atoms with E-state index in [1.54, 1.807) is 7.11 Å². The smallest absolute Gasteiger partial charge is 0.231 e. The first-order chi connectivity index (χ1) is 12.6. The summed E-state index contributed by atoms with van der Waals surface area (Å²) in [5.41, 5.74) is 3.72. The molecular weight excluding hydrogens is 455 g/mol. The number of benzene rings is 2. The molecule has 0 aliphatic carbocycles. The van der Waals surface area contributed by atoms with Crippen LogP contribution >= 0.6 is 0 Å². The molecule has 3 aromatic rings. The van der Waals surface area contributed by atoms with E-state index in [0.29, 0.717) is 0 Å². The van der Waals surface area contributed by atoms with E-state index in [-0.39, 0.29) is 36.9 Å². The fraction of sp³-hybridized carbons (Fsp3) is 0.333. The molecule has 6 heteroatoms. The Balaban J connectivity index is 0.00000180. The lowest BCUT2D eigenvalue weighted by Crippen LogP contribution is -3.00. The van der Waals surface area contributed by atoms with Crippen LogP contribution in [0.5, 0.6) is 17.2 Å². The summed E-state index contributed by atoms with van der Waals surface area (Å²) in [6, 6.07) is 12.8. The van der Waals surface area contributed by atoms with Gasteiger partial charge in [0, 0.05) is 12.6 Å². The van der Waals surface area contributed by atoms with Crippen molar-refractivity contribution in [3.05, 3.63) is 53.7 Å².